The van der Waals surface area contributed by atoms with Crippen LogP contribution in [-0.4, -0.2) is 50.4 Å². The van der Waals surface area contributed by atoms with Crippen LogP contribution in [0.25, 0.3) is 0 Å². The summed E-state index contributed by atoms with van der Waals surface area (Å²) in [4.78, 5) is 13.8. The average Bonchev–Trinajstić information content (AvgIpc) is 2.80. The Balaban J connectivity index is 1.94. The van der Waals surface area contributed by atoms with Gasteiger partial charge in [0.1, 0.15) is 5.75 Å². The number of rotatable bonds is 5. The molecule has 1 fully saturated rings. The minimum atomic E-state index is -2.97. The quantitative estimate of drug-likeness (QED) is 0.821. The first kappa shape index (κ1) is 15.8. The Bertz CT molecular complexity index is 595. The van der Waals surface area contributed by atoms with Crippen molar-refractivity contribution in [3.63, 3.8) is 0 Å². The third-order valence-electron chi connectivity index (χ3n) is 3.74. The fourth-order valence-electron chi connectivity index (χ4n) is 2.45. The number of sulfone groups is 1. The highest BCUT2D eigenvalue weighted by atomic mass is 32.2. The maximum atomic E-state index is 12.2. The number of ether oxygens (including phenoxy) is 1. The predicted octanol–water partition coefficient (Wildman–Crippen LogP) is 1.27. The molecule has 1 aliphatic rings. The summed E-state index contributed by atoms with van der Waals surface area (Å²) in [5.41, 5.74) is 0.899. The lowest BCUT2D eigenvalue weighted by Gasteiger charge is -2.23. The highest BCUT2D eigenvalue weighted by Crippen LogP contribution is 2.18. The maximum Gasteiger partial charge on any atom is 0.227 e. The fraction of sp³-hybridized carbons (Fsp3) is 0.533. The monoisotopic (exact) mass is 311 g/mol. The first-order valence-electron chi connectivity index (χ1n) is 7.09. The van der Waals surface area contributed by atoms with Gasteiger partial charge < -0.3 is 9.64 Å². The van der Waals surface area contributed by atoms with E-state index >= 15 is 0 Å². The summed E-state index contributed by atoms with van der Waals surface area (Å²) < 4.78 is 28.3. The molecule has 2 rings (SSSR count). The van der Waals surface area contributed by atoms with E-state index in [1.54, 1.807) is 11.9 Å². The Morgan fingerprint density at radius 2 is 2.00 bits per heavy atom. The number of carbonyl (C=O) groups is 1. The van der Waals surface area contributed by atoms with E-state index in [9.17, 15) is 13.2 Å². The number of carbonyl (C=O) groups excluding carboxylic acids is 1. The zero-order chi connectivity index (χ0) is 15.5. The van der Waals surface area contributed by atoms with Gasteiger partial charge in [0.15, 0.2) is 9.84 Å². The van der Waals surface area contributed by atoms with Crippen LogP contribution in [0, 0.1) is 0 Å². The van der Waals surface area contributed by atoms with Gasteiger partial charge in [0, 0.05) is 13.1 Å². The molecule has 0 aromatic heterocycles. The normalized spacial score (nSPS) is 20.2. The van der Waals surface area contributed by atoms with Gasteiger partial charge in [-0.2, -0.15) is 0 Å². The van der Waals surface area contributed by atoms with E-state index in [0.717, 1.165) is 11.3 Å². The molecule has 1 aromatic carbocycles. The van der Waals surface area contributed by atoms with Crippen molar-refractivity contribution in [3.05, 3.63) is 29.8 Å². The van der Waals surface area contributed by atoms with Gasteiger partial charge in [-0.3, -0.25) is 4.79 Å². The molecule has 0 spiro atoms. The Labute approximate surface area is 125 Å². The van der Waals surface area contributed by atoms with Gasteiger partial charge in [-0.05, 0) is 31.0 Å². The molecular weight excluding hydrogens is 290 g/mol. The van der Waals surface area contributed by atoms with Gasteiger partial charge in [-0.25, -0.2) is 8.42 Å². The standard InChI is InChI=1S/C15H21NO4S/c1-3-20-14-6-4-12(5-7-14)10-15(17)16(2)13-8-9-21(18,19)11-13/h4-7,13H,3,8-11H2,1-2H3/t13-/m1/s1. The van der Waals surface area contributed by atoms with E-state index in [2.05, 4.69) is 0 Å². The summed E-state index contributed by atoms with van der Waals surface area (Å²) in [6.45, 7) is 2.53. The summed E-state index contributed by atoms with van der Waals surface area (Å²) in [6, 6.07) is 7.22. The maximum absolute atomic E-state index is 12.2. The third-order valence-corrected chi connectivity index (χ3v) is 5.49. The number of amides is 1. The van der Waals surface area contributed by atoms with E-state index in [0.29, 0.717) is 13.0 Å². The molecule has 1 heterocycles. The molecule has 21 heavy (non-hydrogen) atoms. The van der Waals surface area contributed by atoms with Crippen molar-refractivity contribution in [2.75, 3.05) is 25.2 Å². The lowest BCUT2D eigenvalue weighted by molar-refractivity contribution is -0.130. The van der Waals surface area contributed by atoms with Crippen molar-refractivity contribution in [1.82, 2.24) is 4.90 Å². The first-order chi connectivity index (χ1) is 9.91. The van der Waals surface area contributed by atoms with E-state index in [4.69, 9.17) is 4.74 Å². The molecule has 1 saturated heterocycles. The molecule has 0 aliphatic carbocycles. The molecule has 5 nitrogen and oxygen atoms in total. The topological polar surface area (TPSA) is 63.7 Å². The number of benzene rings is 1. The molecule has 1 amide bonds. The zero-order valence-electron chi connectivity index (χ0n) is 12.4. The van der Waals surface area contributed by atoms with Crippen LogP contribution in [0.3, 0.4) is 0 Å². The molecule has 116 valence electrons. The highest BCUT2D eigenvalue weighted by Gasteiger charge is 2.32. The van der Waals surface area contributed by atoms with Crippen LogP contribution < -0.4 is 4.74 Å². The second-order valence-corrected chi connectivity index (χ2v) is 7.54. The van der Waals surface area contributed by atoms with Crippen molar-refractivity contribution in [1.29, 1.82) is 0 Å². The number of likely N-dealkylation sites (N-methyl/N-ethyl adjacent to an activating group) is 1. The van der Waals surface area contributed by atoms with Crippen molar-refractivity contribution in [2.45, 2.75) is 25.8 Å². The summed E-state index contributed by atoms with van der Waals surface area (Å²) >= 11 is 0. The largest absolute Gasteiger partial charge is 0.494 e. The van der Waals surface area contributed by atoms with Crippen LogP contribution in [0.1, 0.15) is 18.9 Å². The number of hydrogen-bond acceptors (Lipinski definition) is 4. The Morgan fingerprint density at radius 1 is 1.33 bits per heavy atom. The van der Waals surface area contributed by atoms with Gasteiger partial charge in [0.05, 0.1) is 24.5 Å². The van der Waals surface area contributed by atoms with Gasteiger partial charge in [0.2, 0.25) is 5.91 Å². The van der Waals surface area contributed by atoms with E-state index in [-0.39, 0.29) is 29.9 Å². The first-order valence-corrected chi connectivity index (χ1v) is 8.91. The van der Waals surface area contributed by atoms with Crippen LogP contribution in [-0.2, 0) is 21.1 Å². The van der Waals surface area contributed by atoms with Gasteiger partial charge >= 0.3 is 0 Å². The third kappa shape index (κ3) is 4.20. The predicted molar refractivity (Wildman–Crippen MR) is 81.1 cm³/mol. The lowest BCUT2D eigenvalue weighted by atomic mass is 10.1. The SMILES string of the molecule is CCOc1ccc(CC(=O)N(C)[C@@H]2CCS(=O)(=O)C2)cc1. The minimum absolute atomic E-state index is 0.0544. The molecule has 0 radical (unpaired) electrons. The smallest absolute Gasteiger partial charge is 0.227 e. The highest BCUT2D eigenvalue weighted by molar-refractivity contribution is 7.91. The average molecular weight is 311 g/mol. The van der Waals surface area contributed by atoms with E-state index < -0.39 is 9.84 Å². The van der Waals surface area contributed by atoms with Crippen molar-refractivity contribution >= 4 is 15.7 Å². The molecule has 1 aromatic rings. The summed E-state index contributed by atoms with van der Waals surface area (Å²) in [5.74, 6) is 0.988. The van der Waals surface area contributed by atoms with Gasteiger partial charge in [-0.15, -0.1) is 0 Å². The van der Waals surface area contributed by atoms with Gasteiger partial charge in [0.25, 0.3) is 0 Å². The van der Waals surface area contributed by atoms with Crippen LogP contribution in [0.5, 0.6) is 5.75 Å². The molecule has 0 unspecified atom stereocenters. The molecule has 1 aliphatic heterocycles. The van der Waals surface area contributed by atoms with Crippen LogP contribution in [0.4, 0.5) is 0 Å². The Hall–Kier alpha value is -1.56. The molecule has 1 atom stereocenters. The summed E-state index contributed by atoms with van der Waals surface area (Å²) in [7, 11) is -1.29. The van der Waals surface area contributed by atoms with Crippen molar-refractivity contribution < 1.29 is 17.9 Å². The second kappa shape index (κ2) is 6.47. The lowest BCUT2D eigenvalue weighted by Crippen LogP contribution is -2.38. The molecular formula is C15H21NO4S. The summed E-state index contributed by atoms with van der Waals surface area (Å²) in [5, 5.41) is 0. The van der Waals surface area contributed by atoms with Gasteiger partial charge in [-0.1, -0.05) is 12.1 Å². The van der Waals surface area contributed by atoms with Crippen molar-refractivity contribution in [3.8, 4) is 5.75 Å². The van der Waals surface area contributed by atoms with Crippen LogP contribution in [0.2, 0.25) is 0 Å². The van der Waals surface area contributed by atoms with Crippen molar-refractivity contribution in [2.24, 2.45) is 0 Å². The van der Waals surface area contributed by atoms with Crippen LogP contribution in [0.15, 0.2) is 24.3 Å². The zero-order valence-corrected chi connectivity index (χ0v) is 13.2. The fourth-order valence-corrected chi connectivity index (χ4v) is 4.23. The minimum Gasteiger partial charge on any atom is -0.494 e. The van der Waals surface area contributed by atoms with Crippen LogP contribution >= 0.6 is 0 Å². The number of hydrogen-bond donors (Lipinski definition) is 0. The molecule has 0 saturated carbocycles. The Kier molecular flexibility index (Phi) is 4.88. The van der Waals surface area contributed by atoms with E-state index in [1.165, 1.54) is 0 Å². The molecule has 6 heteroatoms. The second-order valence-electron chi connectivity index (χ2n) is 5.32. The number of nitrogens with zero attached hydrogens (tertiary/aromatic N) is 1. The molecule has 0 N–H and O–H groups in total. The summed E-state index contributed by atoms with van der Waals surface area (Å²) in [6.07, 6.45) is 0.813. The van der Waals surface area contributed by atoms with E-state index in [1.807, 2.05) is 31.2 Å². The Morgan fingerprint density at radius 3 is 2.52 bits per heavy atom. The molecule has 0 bridgehead atoms.